The Kier molecular flexibility index (Phi) is 5.50. The van der Waals surface area contributed by atoms with E-state index in [9.17, 15) is 8.42 Å². The van der Waals surface area contributed by atoms with Crippen molar-refractivity contribution in [2.75, 3.05) is 18.1 Å². The summed E-state index contributed by atoms with van der Waals surface area (Å²) >= 11 is 0. The summed E-state index contributed by atoms with van der Waals surface area (Å²) in [6, 6.07) is 0. The van der Waals surface area contributed by atoms with Crippen molar-refractivity contribution in [1.82, 2.24) is 0 Å². The molecular weight excluding hydrogens is 174 g/mol. The molecule has 3 nitrogen and oxygen atoms in total. The summed E-state index contributed by atoms with van der Waals surface area (Å²) in [7, 11) is -2.76. The molecule has 0 amide bonds. The molecule has 0 saturated heterocycles. The maximum Gasteiger partial charge on any atom is 0.150 e. The van der Waals surface area contributed by atoms with Gasteiger partial charge in [0, 0.05) is 5.75 Å². The quantitative estimate of drug-likeness (QED) is 0.678. The van der Waals surface area contributed by atoms with Gasteiger partial charge < -0.3 is 5.73 Å². The lowest BCUT2D eigenvalue weighted by Crippen LogP contribution is -2.14. The smallest absolute Gasteiger partial charge is 0.150 e. The van der Waals surface area contributed by atoms with Gasteiger partial charge in [0.2, 0.25) is 0 Å². The Bertz CT molecular complexity index is 199. The Morgan fingerprint density at radius 2 is 2.00 bits per heavy atom. The molecular formula is C8H19NO2S. The van der Waals surface area contributed by atoms with E-state index in [0.717, 1.165) is 12.8 Å². The maximum absolute atomic E-state index is 11.0. The third-order valence-corrected chi connectivity index (χ3v) is 3.78. The molecule has 0 heterocycles. The van der Waals surface area contributed by atoms with Gasteiger partial charge in [-0.05, 0) is 25.3 Å². The van der Waals surface area contributed by atoms with E-state index in [4.69, 9.17) is 5.73 Å². The molecule has 1 unspecified atom stereocenters. The standard InChI is InChI=1S/C8H19NO2S/c1-3-12(10,11)6-4-5-8(2)7-9/h8H,3-7,9H2,1-2H3. The van der Waals surface area contributed by atoms with E-state index in [1.807, 2.05) is 6.92 Å². The van der Waals surface area contributed by atoms with Crippen molar-refractivity contribution in [3.63, 3.8) is 0 Å². The molecule has 0 saturated carbocycles. The normalized spacial score (nSPS) is 14.6. The lowest BCUT2D eigenvalue weighted by Gasteiger charge is -2.06. The first-order valence-electron chi connectivity index (χ1n) is 4.42. The van der Waals surface area contributed by atoms with E-state index in [2.05, 4.69) is 0 Å². The van der Waals surface area contributed by atoms with Crippen LogP contribution in [0.1, 0.15) is 26.7 Å². The summed E-state index contributed by atoms with van der Waals surface area (Å²) in [5.74, 6) is 1.01. The van der Waals surface area contributed by atoms with Crippen LogP contribution in [0.3, 0.4) is 0 Å². The molecule has 0 aliphatic rings. The molecule has 12 heavy (non-hydrogen) atoms. The zero-order valence-corrected chi connectivity index (χ0v) is 8.73. The number of rotatable bonds is 6. The Balaban J connectivity index is 3.57. The first kappa shape index (κ1) is 11.9. The zero-order valence-electron chi connectivity index (χ0n) is 7.91. The second kappa shape index (κ2) is 5.54. The molecule has 0 fully saturated rings. The molecule has 0 bridgehead atoms. The van der Waals surface area contributed by atoms with E-state index in [0.29, 0.717) is 18.2 Å². The van der Waals surface area contributed by atoms with Crippen LogP contribution in [0.5, 0.6) is 0 Å². The minimum absolute atomic E-state index is 0.254. The monoisotopic (exact) mass is 193 g/mol. The number of sulfone groups is 1. The van der Waals surface area contributed by atoms with E-state index in [1.54, 1.807) is 6.92 Å². The second-order valence-corrected chi connectivity index (χ2v) is 5.69. The summed E-state index contributed by atoms with van der Waals surface area (Å²) < 4.78 is 22.1. The van der Waals surface area contributed by atoms with Crippen LogP contribution in [-0.4, -0.2) is 26.5 Å². The van der Waals surface area contributed by atoms with Gasteiger partial charge in [-0.2, -0.15) is 0 Å². The van der Waals surface area contributed by atoms with Crippen molar-refractivity contribution in [3.05, 3.63) is 0 Å². The fourth-order valence-electron chi connectivity index (χ4n) is 0.914. The molecule has 74 valence electrons. The summed E-state index contributed by atoms with van der Waals surface area (Å²) in [6.07, 6.45) is 1.66. The van der Waals surface area contributed by atoms with Crippen LogP contribution in [0, 0.1) is 5.92 Å². The van der Waals surface area contributed by atoms with Gasteiger partial charge in [0.1, 0.15) is 9.84 Å². The van der Waals surface area contributed by atoms with Gasteiger partial charge in [-0.25, -0.2) is 8.42 Å². The van der Waals surface area contributed by atoms with Gasteiger partial charge in [0.05, 0.1) is 5.75 Å². The Hall–Kier alpha value is -0.0900. The maximum atomic E-state index is 11.0. The average molecular weight is 193 g/mol. The molecule has 0 aromatic carbocycles. The van der Waals surface area contributed by atoms with Gasteiger partial charge >= 0.3 is 0 Å². The van der Waals surface area contributed by atoms with Crippen LogP contribution in [0.15, 0.2) is 0 Å². The molecule has 1 atom stereocenters. The highest BCUT2D eigenvalue weighted by Gasteiger charge is 2.07. The highest BCUT2D eigenvalue weighted by atomic mass is 32.2. The Morgan fingerprint density at radius 3 is 2.42 bits per heavy atom. The van der Waals surface area contributed by atoms with Crippen LogP contribution in [0.4, 0.5) is 0 Å². The van der Waals surface area contributed by atoms with Crippen LogP contribution in [-0.2, 0) is 9.84 Å². The fourth-order valence-corrected chi connectivity index (χ4v) is 1.81. The summed E-state index contributed by atoms with van der Waals surface area (Å²) in [5.41, 5.74) is 5.40. The van der Waals surface area contributed by atoms with Crippen molar-refractivity contribution < 1.29 is 8.42 Å². The first-order chi connectivity index (χ1) is 5.52. The second-order valence-electron chi connectivity index (χ2n) is 3.22. The molecule has 2 N–H and O–H groups in total. The average Bonchev–Trinajstić information content (AvgIpc) is 2.04. The largest absolute Gasteiger partial charge is 0.330 e. The molecule has 0 aliphatic carbocycles. The molecule has 0 aliphatic heterocycles. The SMILES string of the molecule is CCS(=O)(=O)CCCC(C)CN. The third-order valence-electron chi connectivity index (χ3n) is 1.99. The minimum Gasteiger partial charge on any atom is -0.330 e. The Labute approximate surface area is 75.3 Å². The highest BCUT2D eigenvalue weighted by Crippen LogP contribution is 2.05. The summed E-state index contributed by atoms with van der Waals surface area (Å²) in [6.45, 7) is 4.37. The molecule has 0 aromatic heterocycles. The Morgan fingerprint density at radius 1 is 1.42 bits per heavy atom. The lowest BCUT2D eigenvalue weighted by molar-refractivity contribution is 0.530. The van der Waals surface area contributed by atoms with Crippen LogP contribution >= 0.6 is 0 Å². The van der Waals surface area contributed by atoms with Crippen molar-refractivity contribution in [2.45, 2.75) is 26.7 Å². The van der Waals surface area contributed by atoms with Crippen LogP contribution < -0.4 is 5.73 Å². The molecule has 4 heteroatoms. The van der Waals surface area contributed by atoms with E-state index < -0.39 is 9.84 Å². The van der Waals surface area contributed by atoms with Crippen molar-refractivity contribution >= 4 is 9.84 Å². The lowest BCUT2D eigenvalue weighted by atomic mass is 10.1. The highest BCUT2D eigenvalue weighted by molar-refractivity contribution is 7.91. The van der Waals surface area contributed by atoms with E-state index >= 15 is 0 Å². The summed E-state index contributed by atoms with van der Waals surface area (Å²) in [5, 5.41) is 0. The minimum atomic E-state index is -2.76. The van der Waals surface area contributed by atoms with Gasteiger partial charge in [-0.3, -0.25) is 0 Å². The fraction of sp³-hybridized carbons (Fsp3) is 1.00. The zero-order chi connectivity index (χ0) is 9.61. The van der Waals surface area contributed by atoms with Crippen molar-refractivity contribution in [1.29, 1.82) is 0 Å². The predicted octanol–water partition coefficient (Wildman–Crippen LogP) is 0.796. The van der Waals surface area contributed by atoms with E-state index in [1.165, 1.54) is 0 Å². The van der Waals surface area contributed by atoms with Gasteiger partial charge in [-0.15, -0.1) is 0 Å². The van der Waals surface area contributed by atoms with Gasteiger partial charge in [-0.1, -0.05) is 13.8 Å². The molecule has 0 rings (SSSR count). The first-order valence-corrected chi connectivity index (χ1v) is 6.24. The molecule has 0 spiro atoms. The molecule has 0 radical (unpaired) electrons. The molecule has 0 aromatic rings. The van der Waals surface area contributed by atoms with Gasteiger partial charge in [0.25, 0.3) is 0 Å². The van der Waals surface area contributed by atoms with Crippen molar-refractivity contribution in [2.24, 2.45) is 11.7 Å². The van der Waals surface area contributed by atoms with E-state index in [-0.39, 0.29) is 5.75 Å². The number of hydrogen-bond donors (Lipinski definition) is 1. The van der Waals surface area contributed by atoms with Crippen LogP contribution in [0.25, 0.3) is 0 Å². The predicted molar refractivity (Wildman–Crippen MR) is 51.8 cm³/mol. The number of nitrogens with two attached hydrogens (primary N) is 1. The van der Waals surface area contributed by atoms with Crippen LogP contribution in [0.2, 0.25) is 0 Å². The topological polar surface area (TPSA) is 60.2 Å². The number of hydrogen-bond acceptors (Lipinski definition) is 3. The third kappa shape index (κ3) is 5.55. The van der Waals surface area contributed by atoms with Crippen molar-refractivity contribution in [3.8, 4) is 0 Å². The summed E-state index contributed by atoms with van der Waals surface area (Å²) in [4.78, 5) is 0. The van der Waals surface area contributed by atoms with Gasteiger partial charge in [0.15, 0.2) is 0 Å².